The lowest BCUT2D eigenvalue weighted by atomic mass is 10.0. The minimum Gasteiger partial charge on any atom is -0.289 e. The molecule has 2 aromatic carbocycles. The molecule has 0 fully saturated rings. The molecular weight excluding hydrogens is 220 g/mol. The Hall–Kier alpha value is -1.89. The third-order valence-corrected chi connectivity index (χ3v) is 2.97. The zero-order valence-corrected chi connectivity index (χ0v) is 10.4. The van der Waals surface area contributed by atoms with Crippen molar-refractivity contribution in [2.75, 3.05) is 0 Å². The molecular formula is C17H17O. The van der Waals surface area contributed by atoms with Crippen LogP contribution in [0.25, 0.3) is 0 Å². The lowest BCUT2D eigenvalue weighted by Crippen LogP contribution is -2.00. The molecule has 0 aliphatic rings. The van der Waals surface area contributed by atoms with Crippen molar-refractivity contribution >= 4 is 5.78 Å². The number of carbonyl (C=O) groups is 1. The Kier molecular flexibility index (Phi) is 4.30. The van der Waals surface area contributed by atoms with E-state index in [1.165, 1.54) is 5.56 Å². The van der Waals surface area contributed by atoms with Crippen LogP contribution in [0, 0.1) is 6.92 Å². The summed E-state index contributed by atoms with van der Waals surface area (Å²) in [5.41, 5.74) is 2.76. The molecule has 0 aromatic heterocycles. The second-order valence-electron chi connectivity index (χ2n) is 4.35. The van der Waals surface area contributed by atoms with E-state index in [-0.39, 0.29) is 5.78 Å². The maximum Gasteiger partial charge on any atom is 0.193 e. The van der Waals surface area contributed by atoms with Crippen LogP contribution in [0.15, 0.2) is 54.6 Å². The van der Waals surface area contributed by atoms with Crippen molar-refractivity contribution in [1.29, 1.82) is 0 Å². The molecule has 0 bridgehead atoms. The molecule has 91 valence electrons. The molecule has 0 aliphatic carbocycles. The van der Waals surface area contributed by atoms with E-state index in [0.29, 0.717) is 0 Å². The zero-order valence-electron chi connectivity index (χ0n) is 10.4. The van der Waals surface area contributed by atoms with Gasteiger partial charge in [0.2, 0.25) is 0 Å². The van der Waals surface area contributed by atoms with Crippen LogP contribution in [-0.4, -0.2) is 5.78 Å². The number of benzene rings is 2. The highest BCUT2D eigenvalue weighted by atomic mass is 16.1. The van der Waals surface area contributed by atoms with Crippen molar-refractivity contribution in [3.05, 3.63) is 78.2 Å². The van der Waals surface area contributed by atoms with Gasteiger partial charge in [0.1, 0.15) is 0 Å². The molecule has 0 spiro atoms. The lowest BCUT2D eigenvalue weighted by Gasteiger charge is -2.03. The molecule has 1 nitrogen and oxygen atoms in total. The summed E-state index contributed by atoms with van der Waals surface area (Å²) in [7, 11) is 0. The molecule has 2 aromatic rings. The number of ketones is 1. The fraction of sp³-hybridized carbons (Fsp3) is 0.176. The fourth-order valence-corrected chi connectivity index (χ4v) is 1.91. The Bertz CT molecular complexity index is 497. The lowest BCUT2D eigenvalue weighted by molar-refractivity contribution is 0.103. The summed E-state index contributed by atoms with van der Waals surface area (Å²) < 4.78 is 0. The van der Waals surface area contributed by atoms with Crippen LogP contribution < -0.4 is 0 Å². The first-order chi connectivity index (χ1) is 8.81. The smallest absolute Gasteiger partial charge is 0.193 e. The molecule has 0 N–H and O–H groups in total. The molecule has 0 atom stereocenters. The predicted octanol–water partition coefficient (Wildman–Crippen LogP) is 4.07. The minimum absolute atomic E-state index is 0.0827. The molecule has 1 radical (unpaired) electrons. The maximum atomic E-state index is 12.2. The molecule has 0 saturated carbocycles. The van der Waals surface area contributed by atoms with Crippen LogP contribution in [0.4, 0.5) is 0 Å². The van der Waals surface area contributed by atoms with Crippen molar-refractivity contribution in [1.82, 2.24) is 0 Å². The predicted molar refractivity (Wildman–Crippen MR) is 74.6 cm³/mol. The second kappa shape index (κ2) is 6.15. The quantitative estimate of drug-likeness (QED) is 0.716. The van der Waals surface area contributed by atoms with Gasteiger partial charge in [0.25, 0.3) is 0 Å². The Morgan fingerprint density at radius 3 is 2.11 bits per heavy atom. The monoisotopic (exact) mass is 237 g/mol. The average Bonchev–Trinajstić information content (AvgIpc) is 2.46. The van der Waals surface area contributed by atoms with Gasteiger partial charge in [-0.15, -0.1) is 0 Å². The van der Waals surface area contributed by atoms with Gasteiger partial charge in [-0.05, 0) is 18.4 Å². The van der Waals surface area contributed by atoms with Crippen LogP contribution in [-0.2, 0) is 6.42 Å². The fourth-order valence-electron chi connectivity index (χ4n) is 1.91. The van der Waals surface area contributed by atoms with Crippen LogP contribution in [0.1, 0.15) is 34.3 Å². The van der Waals surface area contributed by atoms with Crippen molar-refractivity contribution in [3.8, 4) is 0 Å². The van der Waals surface area contributed by atoms with E-state index in [2.05, 4.69) is 6.92 Å². The number of unbranched alkanes of at least 4 members (excludes halogenated alkanes) is 1. The molecule has 1 heteroatoms. The molecule has 18 heavy (non-hydrogen) atoms. The van der Waals surface area contributed by atoms with E-state index in [1.807, 2.05) is 54.6 Å². The molecule has 0 unspecified atom stereocenters. The van der Waals surface area contributed by atoms with E-state index < -0.39 is 0 Å². The zero-order chi connectivity index (χ0) is 12.8. The number of carbonyl (C=O) groups excluding carboxylic acids is 1. The van der Waals surface area contributed by atoms with E-state index in [9.17, 15) is 4.79 Å². The molecule has 0 amide bonds. The van der Waals surface area contributed by atoms with Crippen LogP contribution in [0.3, 0.4) is 0 Å². The molecule has 0 aliphatic heterocycles. The topological polar surface area (TPSA) is 17.1 Å². The van der Waals surface area contributed by atoms with Gasteiger partial charge in [0.15, 0.2) is 5.78 Å². The summed E-state index contributed by atoms with van der Waals surface area (Å²) in [6.07, 6.45) is 3.07. The number of rotatable bonds is 5. The highest BCUT2D eigenvalue weighted by Gasteiger charge is 2.07. The summed E-state index contributed by atoms with van der Waals surface area (Å²) in [5, 5.41) is 0. The van der Waals surface area contributed by atoms with Gasteiger partial charge < -0.3 is 0 Å². The van der Waals surface area contributed by atoms with Crippen molar-refractivity contribution in [3.63, 3.8) is 0 Å². The Balaban J connectivity index is 2.12. The van der Waals surface area contributed by atoms with Crippen molar-refractivity contribution in [2.24, 2.45) is 0 Å². The van der Waals surface area contributed by atoms with E-state index in [4.69, 9.17) is 0 Å². The van der Waals surface area contributed by atoms with E-state index >= 15 is 0 Å². The summed E-state index contributed by atoms with van der Waals surface area (Å²) in [4.78, 5) is 12.2. The van der Waals surface area contributed by atoms with Gasteiger partial charge in [-0.25, -0.2) is 0 Å². The Morgan fingerprint density at radius 2 is 1.50 bits per heavy atom. The molecule has 0 saturated heterocycles. The maximum absolute atomic E-state index is 12.2. The summed E-state index contributed by atoms with van der Waals surface area (Å²) in [6, 6.07) is 17.3. The van der Waals surface area contributed by atoms with E-state index in [1.54, 1.807) is 0 Å². The van der Waals surface area contributed by atoms with Crippen LogP contribution >= 0.6 is 0 Å². The molecule has 0 heterocycles. The van der Waals surface area contributed by atoms with Crippen molar-refractivity contribution in [2.45, 2.75) is 19.3 Å². The summed E-state index contributed by atoms with van der Waals surface area (Å²) >= 11 is 0. The van der Waals surface area contributed by atoms with Crippen LogP contribution in [0.2, 0.25) is 0 Å². The first kappa shape index (κ1) is 12.6. The largest absolute Gasteiger partial charge is 0.289 e. The number of hydrogen-bond acceptors (Lipinski definition) is 1. The summed E-state index contributed by atoms with van der Waals surface area (Å²) in [6.45, 7) is 3.83. The normalized spacial score (nSPS) is 10.3. The Labute approximate surface area is 108 Å². The number of hydrogen-bond donors (Lipinski definition) is 0. The highest BCUT2D eigenvalue weighted by Crippen LogP contribution is 2.12. The Morgan fingerprint density at radius 1 is 0.889 bits per heavy atom. The third-order valence-electron chi connectivity index (χ3n) is 2.97. The van der Waals surface area contributed by atoms with Gasteiger partial charge in [-0.2, -0.15) is 0 Å². The van der Waals surface area contributed by atoms with Gasteiger partial charge >= 0.3 is 0 Å². The summed E-state index contributed by atoms with van der Waals surface area (Å²) in [5.74, 6) is 0.0827. The van der Waals surface area contributed by atoms with Gasteiger partial charge in [0, 0.05) is 11.1 Å². The standard InChI is InChI=1S/C17H17O/c1-2-3-7-14-10-12-16(13-11-14)17(18)15-8-5-4-6-9-15/h4-6,8-13H,1-3,7H2. The third kappa shape index (κ3) is 3.07. The highest BCUT2D eigenvalue weighted by molar-refractivity contribution is 6.08. The minimum atomic E-state index is 0.0827. The van der Waals surface area contributed by atoms with Gasteiger partial charge in [-0.3, -0.25) is 4.79 Å². The average molecular weight is 237 g/mol. The second-order valence-corrected chi connectivity index (χ2v) is 4.35. The van der Waals surface area contributed by atoms with E-state index in [0.717, 1.165) is 30.4 Å². The first-order valence-electron chi connectivity index (χ1n) is 6.29. The first-order valence-corrected chi connectivity index (χ1v) is 6.29. The van der Waals surface area contributed by atoms with Gasteiger partial charge in [0.05, 0.1) is 0 Å². The van der Waals surface area contributed by atoms with Gasteiger partial charge in [-0.1, -0.05) is 67.9 Å². The molecule has 2 rings (SSSR count). The van der Waals surface area contributed by atoms with Crippen molar-refractivity contribution < 1.29 is 4.79 Å². The number of aryl methyl sites for hydroxylation is 1. The SMILES string of the molecule is [CH2]CCCc1ccc(C(=O)c2ccccc2)cc1. The van der Waals surface area contributed by atoms with Crippen LogP contribution in [0.5, 0.6) is 0 Å².